The number of alkyl carbamates (subject to hydrolysis) is 1. The second-order valence-electron chi connectivity index (χ2n) is 9.84. The van der Waals surface area contributed by atoms with Gasteiger partial charge in [0.05, 0.1) is 6.07 Å². The average molecular weight is 493 g/mol. The van der Waals surface area contributed by atoms with Gasteiger partial charge >= 0.3 is 6.09 Å². The number of phenols is 1. The molecule has 0 aliphatic carbocycles. The summed E-state index contributed by atoms with van der Waals surface area (Å²) in [5.74, 6) is -0.502. The molecule has 0 spiro atoms. The summed E-state index contributed by atoms with van der Waals surface area (Å²) in [6.45, 7) is 10.2. The Hall–Kier alpha value is -2.93. The van der Waals surface area contributed by atoms with Crippen LogP contribution in [0.25, 0.3) is 0 Å². The first-order valence-corrected chi connectivity index (χ1v) is 12.3. The van der Waals surface area contributed by atoms with Gasteiger partial charge in [-0.25, -0.2) is 4.79 Å². The van der Waals surface area contributed by atoms with Crippen LogP contribution in [-0.4, -0.2) is 63.6 Å². The lowest BCUT2D eigenvalue weighted by atomic mass is 10.00. The molecule has 0 fully saturated rings. The molecular weight excluding hydrogens is 456 g/mol. The predicted octanol–water partition coefficient (Wildman–Crippen LogP) is 3.35. The smallest absolute Gasteiger partial charge is 0.408 e. The zero-order valence-corrected chi connectivity index (χ0v) is 21.8. The Morgan fingerprint density at radius 3 is 2.21 bits per heavy atom. The number of rotatable bonds is 9. The molecule has 0 radical (unpaired) electrons. The molecule has 0 aliphatic rings. The van der Waals surface area contributed by atoms with E-state index in [1.54, 1.807) is 41.5 Å². The third kappa shape index (κ3) is 9.91. The van der Waals surface area contributed by atoms with E-state index < -0.39 is 41.1 Å². The summed E-state index contributed by atoms with van der Waals surface area (Å²) in [7, 11) is 0. The molecule has 188 valence electrons. The number of carbonyl (C=O) groups is 3. The number of nitrogens with zero attached hydrogens (tertiary/aromatic N) is 2. The Balaban J connectivity index is 3.42. The average Bonchev–Trinajstić information content (AvgIpc) is 2.69. The molecule has 0 aliphatic heterocycles. The highest BCUT2D eigenvalue weighted by atomic mass is 32.2. The van der Waals surface area contributed by atoms with Gasteiger partial charge in [0.2, 0.25) is 11.8 Å². The van der Waals surface area contributed by atoms with E-state index in [0.29, 0.717) is 11.3 Å². The number of hydrogen-bond donors (Lipinski definition) is 3. The second-order valence-corrected chi connectivity index (χ2v) is 10.8. The van der Waals surface area contributed by atoms with Crippen molar-refractivity contribution in [3.05, 3.63) is 29.8 Å². The molecule has 0 aromatic heterocycles. The van der Waals surface area contributed by atoms with Gasteiger partial charge in [-0.15, -0.1) is 0 Å². The lowest BCUT2D eigenvalue weighted by Gasteiger charge is -2.34. The minimum atomic E-state index is -1.15. The molecule has 0 saturated carbocycles. The van der Waals surface area contributed by atoms with Crippen molar-refractivity contribution in [2.24, 2.45) is 0 Å². The molecule has 10 heteroatoms. The van der Waals surface area contributed by atoms with Crippen molar-refractivity contribution < 1.29 is 24.2 Å². The Kier molecular flexibility index (Phi) is 10.7. The second kappa shape index (κ2) is 12.5. The topological polar surface area (TPSA) is 132 Å². The van der Waals surface area contributed by atoms with Crippen molar-refractivity contribution in [3.8, 4) is 11.8 Å². The first kappa shape index (κ1) is 29.1. The SMILES string of the molecule is CSCCC(NC(=O)OC(C)(C)C)C(=O)N(CC#N)C(C(=O)NC(C)(C)C)c1ccc(O)cc1. The summed E-state index contributed by atoms with van der Waals surface area (Å²) in [5, 5.41) is 24.7. The van der Waals surface area contributed by atoms with Gasteiger partial charge in [-0.3, -0.25) is 9.59 Å². The molecule has 3 amide bonds. The van der Waals surface area contributed by atoms with Gasteiger partial charge in [0, 0.05) is 5.54 Å². The number of hydrogen-bond acceptors (Lipinski definition) is 7. The summed E-state index contributed by atoms with van der Waals surface area (Å²) >= 11 is 1.50. The van der Waals surface area contributed by atoms with E-state index in [1.165, 1.54) is 36.0 Å². The molecule has 1 aromatic carbocycles. The van der Waals surface area contributed by atoms with Gasteiger partial charge in [-0.1, -0.05) is 12.1 Å². The van der Waals surface area contributed by atoms with Crippen LogP contribution in [0.1, 0.15) is 59.6 Å². The Labute approximate surface area is 206 Å². The summed E-state index contributed by atoms with van der Waals surface area (Å²) in [6.07, 6.45) is 1.40. The van der Waals surface area contributed by atoms with E-state index in [0.717, 1.165) is 4.90 Å². The molecule has 1 aromatic rings. The number of aromatic hydroxyl groups is 1. The molecule has 34 heavy (non-hydrogen) atoms. The maximum absolute atomic E-state index is 13.7. The van der Waals surface area contributed by atoms with Gasteiger partial charge in [0.1, 0.15) is 30.0 Å². The Morgan fingerprint density at radius 1 is 1.15 bits per heavy atom. The van der Waals surface area contributed by atoms with Crippen LogP contribution in [0.4, 0.5) is 4.79 Å². The fraction of sp³-hybridized carbons (Fsp3) is 0.583. The highest BCUT2D eigenvalue weighted by Crippen LogP contribution is 2.25. The van der Waals surface area contributed by atoms with Crippen LogP contribution in [0.5, 0.6) is 5.75 Å². The first-order chi connectivity index (χ1) is 15.7. The fourth-order valence-electron chi connectivity index (χ4n) is 3.08. The normalized spacial score (nSPS) is 13.2. The number of carbonyl (C=O) groups excluding carboxylic acids is 3. The first-order valence-electron chi connectivity index (χ1n) is 11.0. The molecule has 3 N–H and O–H groups in total. The fourth-order valence-corrected chi connectivity index (χ4v) is 3.55. The Bertz CT molecular complexity index is 885. The van der Waals surface area contributed by atoms with Gasteiger partial charge in [-0.05, 0) is 77.7 Å². The van der Waals surface area contributed by atoms with Crippen molar-refractivity contribution in [3.63, 3.8) is 0 Å². The summed E-state index contributed by atoms with van der Waals surface area (Å²) in [6, 6.07) is 5.68. The van der Waals surface area contributed by atoms with Gasteiger partial charge < -0.3 is 25.4 Å². The predicted molar refractivity (Wildman–Crippen MR) is 132 cm³/mol. The maximum Gasteiger partial charge on any atom is 0.408 e. The number of amides is 3. The van der Waals surface area contributed by atoms with Crippen molar-refractivity contribution in [2.75, 3.05) is 18.6 Å². The molecule has 9 nitrogen and oxygen atoms in total. The molecule has 1 rings (SSSR count). The quantitative estimate of drug-likeness (QED) is 0.450. The van der Waals surface area contributed by atoms with Crippen molar-refractivity contribution in [1.29, 1.82) is 5.26 Å². The minimum Gasteiger partial charge on any atom is -0.508 e. The molecule has 2 unspecified atom stereocenters. The minimum absolute atomic E-state index is 0.00123. The number of ether oxygens (including phenoxy) is 1. The standard InChI is InChI=1S/C24H36N4O5S/c1-23(2,3)27-20(30)19(16-8-10-17(29)11-9-16)28(14-13-25)21(31)18(12-15-34-7)26-22(32)33-24(4,5)6/h8-11,18-19,29H,12,14-15H2,1-7H3,(H,26,32)(H,27,30). The van der Waals surface area contributed by atoms with E-state index in [9.17, 15) is 24.8 Å². The van der Waals surface area contributed by atoms with Gasteiger partial charge in [-0.2, -0.15) is 17.0 Å². The van der Waals surface area contributed by atoms with E-state index in [2.05, 4.69) is 10.6 Å². The maximum atomic E-state index is 13.7. The number of nitrogens with one attached hydrogen (secondary N) is 2. The van der Waals surface area contributed by atoms with Crippen LogP contribution in [0.3, 0.4) is 0 Å². The van der Waals surface area contributed by atoms with Crippen LogP contribution in [0, 0.1) is 11.3 Å². The molecule has 0 heterocycles. The third-order valence-corrected chi connectivity index (χ3v) is 5.03. The zero-order valence-electron chi connectivity index (χ0n) is 21.0. The number of thioether (sulfide) groups is 1. The summed E-state index contributed by atoms with van der Waals surface area (Å²) in [4.78, 5) is 40.6. The summed E-state index contributed by atoms with van der Waals surface area (Å²) in [5.41, 5.74) is -0.935. The van der Waals surface area contributed by atoms with Crippen LogP contribution < -0.4 is 10.6 Å². The van der Waals surface area contributed by atoms with Crippen LogP contribution >= 0.6 is 11.8 Å². The van der Waals surface area contributed by atoms with E-state index in [1.807, 2.05) is 12.3 Å². The number of nitriles is 1. The van der Waals surface area contributed by atoms with Crippen LogP contribution in [-0.2, 0) is 14.3 Å². The Morgan fingerprint density at radius 2 is 1.74 bits per heavy atom. The van der Waals surface area contributed by atoms with E-state index in [-0.39, 0.29) is 18.7 Å². The van der Waals surface area contributed by atoms with Gasteiger partial charge in [0.15, 0.2) is 0 Å². The van der Waals surface area contributed by atoms with Crippen molar-refractivity contribution in [2.45, 2.75) is 71.2 Å². The van der Waals surface area contributed by atoms with Crippen molar-refractivity contribution >= 4 is 29.7 Å². The summed E-state index contributed by atoms with van der Waals surface area (Å²) < 4.78 is 5.31. The monoisotopic (exact) mass is 492 g/mol. The van der Waals surface area contributed by atoms with E-state index in [4.69, 9.17) is 4.74 Å². The molecule has 2 atom stereocenters. The molecule has 0 saturated heterocycles. The molecule has 0 bridgehead atoms. The largest absolute Gasteiger partial charge is 0.508 e. The lowest BCUT2D eigenvalue weighted by Crippen LogP contribution is -2.54. The highest BCUT2D eigenvalue weighted by Gasteiger charge is 2.37. The van der Waals surface area contributed by atoms with Crippen molar-refractivity contribution in [1.82, 2.24) is 15.5 Å². The third-order valence-electron chi connectivity index (χ3n) is 4.39. The van der Waals surface area contributed by atoms with Crippen LogP contribution in [0.2, 0.25) is 0 Å². The lowest BCUT2D eigenvalue weighted by molar-refractivity contribution is -0.142. The number of benzene rings is 1. The zero-order chi connectivity index (χ0) is 26.1. The number of phenolic OH excluding ortho intramolecular Hbond substituents is 1. The van der Waals surface area contributed by atoms with Gasteiger partial charge in [0.25, 0.3) is 0 Å². The van der Waals surface area contributed by atoms with Crippen LogP contribution in [0.15, 0.2) is 24.3 Å². The van der Waals surface area contributed by atoms with E-state index >= 15 is 0 Å². The highest BCUT2D eigenvalue weighted by molar-refractivity contribution is 7.98. The molecular formula is C24H36N4O5S.